The number of nitrogens with zero attached hydrogens (tertiary/aromatic N) is 2. The number of hydrazone groups is 1. The lowest BCUT2D eigenvalue weighted by molar-refractivity contribution is -0.126. The quantitative estimate of drug-likeness (QED) is 0.643. The maximum atomic E-state index is 12.1. The van der Waals surface area contributed by atoms with Crippen LogP contribution < -0.4 is 5.43 Å². The van der Waals surface area contributed by atoms with E-state index in [0.717, 1.165) is 12.3 Å². The Morgan fingerprint density at radius 1 is 1.47 bits per heavy atom. The van der Waals surface area contributed by atoms with Gasteiger partial charge < -0.3 is 10.3 Å². The highest BCUT2D eigenvalue weighted by atomic mass is 16.1. The van der Waals surface area contributed by atoms with E-state index in [0.29, 0.717) is 12.2 Å². The molecule has 1 aliphatic heterocycles. The van der Waals surface area contributed by atoms with Crippen LogP contribution in [0.3, 0.4) is 0 Å². The fourth-order valence-corrected chi connectivity index (χ4v) is 2.63. The lowest BCUT2D eigenvalue weighted by atomic mass is 9.69. The Kier molecular flexibility index (Phi) is 2.24. The second kappa shape index (κ2) is 3.22. The zero-order valence-electron chi connectivity index (χ0n) is 9.87. The van der Waals surface area contributed by atoms with Crippen molar-refractivity contribution >= 4 is 11.6 Å². The van der Waals surface area contributed by atoms with E-state index in [2.05, 4.69) is 24.4 Å². The van der Waals surface area contributed by atoms with E-state index < -0.39 is 0 Å². The van der Waals surface area contributed by atoms with E-state index in [4.69, 9.17) is 0 Å². The summed E-state index contributed by atoms with van der Waals surface area (Å²) in [5, 5.41) is 4.27. The molecule has 4 nitrogen and oxygen atoms in total. The Bertz CT molecular complexity index is 320. The molecule has 84 valence electrons. The minimum atomic E-state index is -0.0203. The molecule has 0 saturated heterocycles. The third kappa shape index (κ3) is 1.73. The molecule has 2 rings (SSSR count). The van der Waals surface area contributed by atoms with Crippen LogP contribution in [0, 0.1) is 11.3 Å². The van der Waals surface area contributed by atoms with Crippen molar-refractivity contribution in [3.63, 3.8) is 0 Å². The fraction of sp³-hybridized carbons (Fsp3) is 0.818. The number of ketones is 1. The molecule has 1 heterocycles. The van der Waals surface area contributed by atoms with Gasteiger partial charge in [-0.3, -0.25) is 4.79 Å². The molecule has 2 aliphatic rings. The number of rotatable bonds is 0. The monoisotopic (exact) mass is 209 g/mol. The molecule has 1 saturated carbocycles. The van der Waals surface area contributed by atoms with Crippen molar-refractivity contribution in [3.05, 3.63) is 0 Å². The molecule has 1 aliphatic carbocycles. The van der Waals surface area contributed by atoms with E-state index >= 15 is 0 Å². The van der Waals surface area contributed by atoms with Gasteiger partial charge in [0.05, 0.1) is 12.0 Å². The third-order valence-corrected chi connectivity index (χ3v) is 3.26. The molecule has 0 aromatic rings. The van der Waals surface area contributed by atoms with Crippen molar-refractivity contribution in [1.82, 2.24) is 10.3 Å². The van der Waals surface area contributed by atoms with Crippen LogP contribution in [-0.2, 0) is 4.79 Å². The van der Waals surface area contributed by atoms with Crippen molar-refractivity contribution < 1.29 is 4.79 Å². The number of Topliss-reactive ketones (excluding diaryl/α,β-unsaturated/α-hetero) is 1. The molecule has 1 N–H and O–H groups in total. The Hall–Kier alpha value is -1.06. The summed E-state index contributed by atoms with van der Waals surface area (Å²) >= 11 is 0. The molecule has 1 fully saturated rings. The number of carbonyl (C=O) groups excluding carboxylic acids is 1. The number of hydrogen-bond acceptors (Lipinski definition) is 4. The smallest absolute Gasteiger partial charge is 0.146 e. The Morgan fingerprint density at radius 2 is 2.13 bits per heavy atom. The summed E-state index contributed by atoms with van der Waals surface area (Å²) in [6.07, 6.45) is 1.69. The first-order valence-electron chi connectivity index (χ1n) is 5.44. The summed E-state index contributed by atoms with van der Waals surface area (Å²) in [5.41, 5.74) is 3.22. The summed E-state index contributed by atoms with van der Waals surface area (Å²) in [6, 6.07) is 0.207. The highest BCUT2D eigenvalue weighted by molar-refractivity contribution is 6.06. The molecule has 0 amide bonds. The second-order valence-electron chi connectivity index (χ2n) is 5.59. The zero-order valence-corrected chi connectivity index (χ0v) is 9.87. The van der Waals surface area contributed by atoms with Crippen LogP contribution >= 0.6 is 0 Å². The van der Waals surface area contributed by atoms with Crippen molar-refractivity contribution in [2.75, 3.05) is 14.1 Å². The highest BCUT2D eigenvalue weighted by Crippen LogP contribution is 2.38. The number of amidine groups is 1. The topological polar surface area (TPSA) is 44.7 Å². The molecular weight excluding hydrogens is 190 g/mol. The molecule has 0 radical (unpaired) electrons. The maximum Gasteiger partial charge on any atom is 0.146 e. The molecule has 0 spiro atoms. The van der Waals surface area contributed by atoms with Crippen LogP contribution in [0.1, 0.15) is 26.7 Å². The largest absolute Gasteiger partial charge is 0.364 e. The van der Waals surface area contributed by atoms with Gasteiger partial charge in [-0.15, -0.1) is 0 Å². The van der Waals surface area contributed by atoms with Gasteiger partial charge >= 0.3 is 0 Å². The zero-order chi connectivity index (χ0) is 11.2. The summed E-state index contributed by atoms with van der Waals surface area (Å²) in [6.45, 7) is 4.30. The van der Waals surface area contributed by atoms with Crippen LogP contribution in [0.25, 0.3) is 0 Å². The fourth-order valence-electron chi connectivity index (χ4n) is 2.63. The van der Waals surface area contributed by atoms with Crippen LogP contribution in [0.4, 0.5) is 0 Å². The van der Waals surface area contributed by atoms with Crippen molar-refractivity contribution in [3.8, 4) is 0 Å². The lowest BCUT2D eigenvalue weighted by Gasteiger charge is -2.36. The van der Waals surface area contributed by atoms with Crippen molar-refractivity contribution in [2.45, 2.75) is 32.7 Å². The minimum Gasteiger partial charge on any atom is -0.364 e. The third-order valence-electron chi connectivity index (χ3n) is 3.26. The first-order chi connectivity index (χ1) is 6.91. The van der Waals surface area contributed by atoms with Crippen LogP contribution in [0.2, 0.25) is 0 Å². The van der Waals surface area contributed by atoms with Gasteiger partial charge in [0.25, 0.3) is 0 Å². The SMILES string of the molecule is CN(C)C1=NN[C@@H]2CC(C)(C)CC(=O)[C@@H]12. The molecule has 4 heteroatoms. The average molecular weight is 209 g/mol. The van der Waals surface area contributed by atoms with Crippen molar-refractivity contribution in [2.24, 2.45) is 16.4 Å². The Morgan fingerprint density at radius 3 is 2.73 bits per heavy atom. The molecule has 0 unspecified atom stereocenters. The Labute approximate surface area is 90.7 Å². The standard InChI is InChI=1S/C11H19N3O/c1-11(2)5-7-9(8(15)6-11)10(13-12-7)14(3)4/h7,9,12H,5-6H2,1-4H3/t7-,9+/m1/s1. The number of fused-ring (bicyclic) bond motifs is 1. The average Bonchev–Trinajstić information content (AvgIpc) is 2.45. The van der Waals surface area contributed by atoms with E-state index in [1.54, 1.807) is 0 Å². The van der Waals surface area contributed by atoms with E-state index in [-0.39, 0.29) is 17.4 Å². The van der Waals surface area contributed by atoms with Crippen LogP contribution in [-0.4, -0.2) is 36.7 Å². The molecule has 15 heavy (non-hydrogen) atoms. The summed E-state index contributed by atoms with van der Waals surface area (Å²) in [4.78, 5) is 14.0. The van der Waals surface area contributed by atoms with Gasteiger partial charge in [-0.2, -0.15) is 5.10 Å². The maximum absolute atomic E-state index is 12.1. The molecule has 0 aromatic heterocycles. The van der Waals surface area contributed by atoms with Gasteiger partial charge in [0.15, 0.2) is 0 Å². The van der Waals surface area contributed by atoms with Crippen LogP contribution in [0.5, 0.6) is 0 Å². The minimum absolute atomic E-state index is 0.0203. The molecule has 0 bridgehead atoms. The van der Waals surface area contributed by atoms with Crippen LogP contribution in [0.15, 0.2) is 5.10 Å². The van der Waals surface area contributed by atoms with Gasteiger partial charge in [0.2, 0.25) is 0 Å². The van der Waals surface area contributed by atoms with Gasteiger partial charge in [0, 0.05) is 20.5 Å². The predicted octanol–water partition coefficient (Wildman–Crippen LogP) is 0.839. The van der Waals surface area contributed by atoms with E-state index in [1.165, 1.54) is 0 Å². The first kappa shape index (κ1) is 10.5. The lowest BCUT2D eigenvalue weighted by Crippen LogP contribution is -2.47. The first-order valence-corrected chi connectivity index (χ1v) is 5.44. The number of nitrogens with one attached hydrogen (secondary N) is 1. The Balaban J connectivity index is 2.21. The summed E-state index contributed by atoms with van der Waals surface area (Å²) in [5.74, 6) is 1.20. The van der Waals surface area contributed by atoms with Gasteiger partial charge in [-0.1, -0.05) is 13.8 Å². The normalized spacial score (nSPS) is 33.1. The van der Waals surface area contributed by atoms with E-state index in [9.17, 15) is 4.79 Å². The number of hydrogen-bond donors (Lipinski definition) is 1. The molecule has 0 aromatic carbocycles. The van der Waals surface area contributed by atoms with Gasteiger partial charge in [0.1, 0.15) is 11.6 Å². The summed E-state index contributed by atoms with van der Waals surface area (Å²) < 4.78 is 0. The van der Waals surface area contributed by atoms with E-state index in [1.807, 2.05) is 19.0 Å². The predicted molar refractivity (Wildman–Crippen MR) is 59.6 cm³/mol. The van der Waals surface area contributed by atoms with Gasteiger partial charge in [-0.25, -0.2) is 0 Å². The summed E-state index contributed by atoms with van der Waals surface area (Å²) in [7, 11) is 3.88. The molecule has 2 atom stereocenters. The van der Waals surface area contributed by atoms with Gasteiger partial charge in [-0.05, 0) is 11.8 Å². The van der Waals surface area contributed by atoms with Crippen molar-refractivity contribution in [1.29, 1.82) is 0 Å². The highest BCUT2D eigenvalue weighted by Gasteiger charge is 2.46. The second-order valence-corrected chi connectivity index (χ2v) is 5.59. The number of carbonyl (C=O) groups is 1. The molecular formula is C11H19N3O.